The molecule has 24 heavy (non-hydrogen) atoms. The van der Waals surface area contributed by atoms with E-state index in [4.69, 9.17) is 0 Å². The lowest BCUT2D eigenvalue weighted by atomic mass is 10.2. The highest BCUT2D eigenvalue weighted by Gasteiger charge is 2.16. The normalized spacial score (nSPS) is 10.8. The highest BCUT2D eigenvalue weighted by atomic mass is 19.2. The summed E-state index contributed by atoms with van der Waals surface area (Å²) in [7, 11) is 3.86. The number of benzene rings is 1. The number of aromatic nitrogens is 1. The van der Waals surface area contributed by atoms with Crippen LogP contribution in [0.3, 0.4) is 0 Å². The van der Waals surface area contributed by atoms with E-state index in [1.165, 1.54) is 12.3 Å². The molecule has 1 amide bonds. The van der Waals surface area contributed by atoms with E-state index in [2.05, 4.69) is 15.6 Å². The van der Waals surface area contributed by atoms with Gasteiger partial charge < -0.3 is 15.5 Å². The van der Waals surface area contributed by atoms with Crippen LogP contribution in [-0.4, -0.2) is 43.0 Å². The van der Waals surface area contributed by atoms with Crippen LogP contribution in [0.2, 0.25) is 0 Å². The second kappa shape index (κ2) is 7.78. The van der Waals surface area contributed by atoms with Gasteiger partial charge in [-0.05, 0) is 32.3 Å². The maximum atomic E-state index is 13.6. The van der Waals surface area contributed by atoms with Crippen LogP contribution >= 0.6 is 0 Å². The van der Waals surface area contributed by atoms with Gasteiger partial charge in [-0.1, -0.05) is 0 Å². The topological polar surface area (TPSA) is 57.3 Å². The Hall–Kier alpha value is -2.61. The molecule has 128 valence electrons. The first-order valence-corrected chi connectivity index (χ1v) is 7.17. The number of rotatable bonds is 6. The van der Waals surface area contributed by atoms with Gasteiger partial charge in [0.05, 0.1) is 16.9 Å². The zero-order valence-corrected chi connectivity index (χ0v) is 13.2. The third kappa shape index (κ3) is 4.45. The van der Waals surface area contributed by atoms with Crippen LogP contribution in [0.4, 0.5) is 24.5 Å². The Morgan fingerprint density at radius 2 is 1.92 bits per heavy atom. The van der Waals surface area contributed by atoms with Crippen molar-refractivity contribution < 1.29 is 18.0 Å². The van der Waals surface area contributed by atoms with Crippen molar-refractivity contribution in [3.8, 4) is 0 Å². The van der Waals surface area contributed by atoms with Gasteiger partial charge in [0.25, 0.3) is 5.91 Å². The van der Waals surface area contributed by atoms with Gasteiger partial charge in [-0.3, -0.25) is 9.78 Å². The summed E-state index contributed by atoms with van der Waals surface area (Å²) in [5, 5.41) is 5.29. The predicted molar refractivity (Wildman–Crippen MR) is 85.5 cm³/mol. The molecule has 0 saturated heterocycles. The van der Waals surface area contributed by atoms with Crippen LogP contribution in [0.1, 0.15) is 10.4 Å². The number of nitrogens with one attached hydrogen (secondary N) is 2. The van der Waals surface area contributed by atoms with E-state index in [1.54, 1.807) is 6.20 Å². The summed E-state index contributed by atoms with van der Waals surface area (Å²) in [5.41, 5.74) is 0.342. The maximum absolute atomic E-state index is 13.6. The van der Waals surface area contributed by atoms with Crippen LogP contribution in [-0.2, 0) is 0 Å². The summed E-state index contributed by atoms with van der Waals surface area (Å²) in [6, 6.07) is 3.24. The van der Waals surface area contributed by atoms with Crippen LogP contribution in [0.15, 0.2) is 30.6 Å². The molecule has 0 aliphatic heterocycles. The van der Waals surface area contributed by atoms with Crippen molar-refractivity contribution in [2.75, 3.05) is 37.8 Å². The summed E-state index contributed by atoms with van der Waals surface area (Å²) in [5.74, 6) is -5.08. The van der Waals surface area contributed by atoms with Crippen molar-refractivity contribution in [1.82, 2.24) is 9.88 Å². The van der Waals surface area contributed by atoms with Crippen molar-refractivity contribution in [3.05, 3.63) is 53.6 Å². The smallest absolute Gasteiger partial charge is 0.257 e. The summed E-state index contributed by atoms with van der Waals surface area (Å²) in [4.78, 5) is 18.1. The molecule has 1 aromatic carbocycles. The Kier molecular flexibility index (Phi) is 5.75. The molecule has 1 aromatic heterocycles. The molecule has 0 unspecified atom stereocenters. The predicted octanol–water partition coefficient (Wildman–Crippen LogP) is 2.72. The molecule has 0 fully saturated rings. The van der Waals surface area contributed by atoms with E-state index in [1.807, 2.05) is 19.0 Å². The summed E-state index contributed by atoms with van der Waals surface area (Å²) in [6.45, 7) is 1.44. The zero-order valence-electron chi connectivity index (χ0n) is 13.2. The molecular formula is C16H17F3N4O. The number of hydrogen-bond acceptors (Lipinski definition) is 4. The minimum atomic E-state index is -1.63. The summed E-state index contributed by atoms with van der Waals surface area (Å²) in [6.07, 6.45) is 2.84. The molecule has 0 bridgehead atoms. The summed E-state index contributed by atoms with van der Waals surface area (Å²) < 4.78 is 39.7. The maximum Gasteiger partial charge on any atom is 0.257 e. The van der Waals surface area contributed by atoms with Crippen LogP contribution in [0.25, 0.3) is 0 Å². The van der Waals surface area contributed by atoms with E-state index in [-0.39, 0.29) is 5.56 Å². The molecule has 5 nitrogen and oxygen atoms in total. The minimum Gasteiger partial charge on any atom is -0.382 e. The average molecular weight is 338 g/mol. The molecule has 2 N–H and O–H groups in total. The van der Waals surface area contributed by atoms with Gasteiger partial charge >= 0.3 is 0 Å². The van der Waals surface area contributed by atoms with Gasteiger partial charge in [0.1, 0.15) is 0 Å². The Balaban J connectivity index is 2.09. The molecule has 0 atom stereocenters. The van der Waals surface area contributed by atoms with E-state index < -0.39 is 29.0 Å². The fraction of sp³-hybridized carbons (Fsp3) is 0.250. The first kappa shape index (κ1) is 17.7. The number of amides is 1. The number of halogens is 3. The zero-order chi connectivity index (χ0) is 17.7. The monoisotopic (exact) mass is 338 g/mol. The van der Waals surface area contributed by atoms with Crippen molar-refractivity contribution in [1.29, 1.82) is 0 Å². The second-order valence-electron chi connectivity index (χ2n) is 5.37. The Labute approximate surface area is 137 Å². The largest absolute Gasteiger partial charge is 0.382 e. The Morgan fingerprint density at radius 1 is 1.17 bits per heavy atom. The fourth-order valence-corrected chi connectivity index (χ4v) is 1.90. The molecule has 0 spiro atoms. The minimum absolute atomic E-state index is 0.161. The standard InChI is InChI=1S/C16H17F3N4O/c1-23(2)6-5-21-11-7-10(8-20-9-11)16(24)22-13-4-3-12(17)14(18)15(13)19/h3-4,7-9,21H,5-6H2,1-2H3,(H,22,24). The van der Waals surface area contributed by atoms with E-state index in [0.29, 0.717) is 12.2 Å². The molecule has 1 heterocycles. The quantitative estimate of drug-likeness (QED) is 0.795. The van der Waals surface area contributed by atoms with E-state index in [0.717, 1.165) is 18.7 Å². The number of anilines is 2. The lowest BCUT2D eigenvalue weighted by molar-refractivity contribution is 0.102. The number of carbonyl (C=O) groups is 1. The number of carbonyl (C=O) groups excluding carboxylic acids is 1. The second-order valence-corrected chi connectivity index (χ2v) is 5.37. The third-order valence-electron chi connectivity index (χ3n) is 3.17. The molecule has 0 saturated carbocycles. The highest BCUT2D eigenvalue weighted by molar-refractivity contribution is 6.04. The lowest BCUT2D eigenvalue weighted by Crippen LogP contribution is -2.21. The highest BCUT2D eigenvalue weighted by Crippen LogP contribution is 2.20. The number of nitrogens with zero attached hydrogens (tertiary/aromatic N) is 2. The van der Waals surface area contributed by atoms with Gasteiger partial charge in [-0.2, -0.15) is 0 Å². The van der Waals surface area contributed by atoms with Gasteiger partial charge in [-0.15, -0.1) is 0 Å². The SMILES string of the molecule is CN(C)CCNc1cncc(C(=O)Nc2ccc(F)c(F)c2F)c1. The first-order valence-electron chi connectivity index (χ1n) is 7.17. The number of hydrogen-bond donors (Lipinski definition) is 2. The third-order valence-corrected chi connectivity index (χ3v) is 3.17. The molecule has 0 aliphatic carbocycles. The van der Waals surface area contributed by atoms with Gasteiger partial charge in [0, 0.05) is 25.5 Å². The fourth-order valence-electron chi connectivity index (χ4n) is 1.90. The average Bonchev–Trinajstić information content (AvgIpc) is 2.55. The molecule has 2 rings (SSSR count). The Morgan fingerprint density at radius 3 is 2.62 bits per heavy atom. The Bertz CT molecular complexity index is 737. The summed E-state index contributed by atoms with van der Waals surface area (Å²) >= 11 is 0. The van der Waals surface area contributed by atoms with Crippen molar-refractivity contribution in [3.63, 3.8) is 0 Å². The van der Waals surface area contributed by atoms with Gasteiger partial charge in [0.15, 0.2) is 17.5 Å². The van der Waals surface area contributed by atoms with Gasteiger partial charge in [0.2, 0.25) is 0 Å². The molecule has 8 heteroatoms. The molecule has 2 aromatic rings. The van der Waals surface area contributed by atoms with Gasteiger partial charge in [-0.25, -0.2) is 13.2 Å². The van der Waals surface area contributed by atoms with Crippen molar-refractivity contribution in [2.45, 2.75) is 0 Å². The number of likely N-dealkylation sites (N-methyl/N-ethyl adjacent to an activating group) is 1. The van der Waals surface area contributed by atoms with Crippen LogP contribution < -0.4 is 10.6 Å². The van der Waals surface area contributed by atoms with E-state index in [9.17, 15) is 18.0 Å². The van der Waals surface area contributed by atoms with Crippen LogP contribution in [0, 0.1) is 17.5 Å². The molecular weight excluding hydrogens is 321 g/mol. The van der Waals surface area contributed by atoms with Crippen LogP contribution in [0.5, 0.6) is 0 Å². The molecule has 0 aliphatic rings. The lowest BCUT2D eigenvalue weighted by Gasteiger charge is -2.12. The van der Waals surface area contributed by atoms with E-state index >= 15 is 0 Å². The first-order chi connectivity index (χ1) is 11.4. The molecule has 0 radical (unpaired) electrons. The van der Waals surface area contributed by atoms with Crippen molar-refractivity contribution >= 4 is 17.3 Å². The number of pyridine rings is 1. The van der Waals surface area contributed by atoms with Crippen molar-refractivity contribution in [2.24, 2.45) is 0 Å².